The fraction of sp³-hybridized carbons (Fsp3) is 0.148. The lowest BCUT2D eigenvalue weighted by atomic mass is 10.2. The van der Waals surface area contributed by atoms with Gasteiger partial charge in [0.25, 0.3) is 5.97 Å². The molecule has 38 heavy (non-hydrogen) atoms. The third kappa shape index (κ3) is 17.7. The zero-order valence-corrected chi connectivity index (χ0v) is 20.7. The molecule has 0 saturated carbocycles. The van der Waals surface area contributed by atoms with E-state index in [0.29, 0.717) is 17.1 Å². The molecule has 0 aliphatic carbocycles. The Hall–Kier alpha value is -4.71. The number of aromatic carboxylic acids is 1. The van der Waals surface area contributed by atoms with Gasteiger partial charge in [0.2, 0.25) is 0 Å². The molecule has 3 heterocycles. The van der Waals surface area contributed by atoms with Crippen molar-refractivity contribution < 1.29 is 40.2 Å². The second-order valence-electron chi connectivity index (χ2n) is 6.78. The van der Waals surface area contributed by atoms with Crippen LogP contribution in [0, 0.1) is 0 Å². The molecule has 6 N–H and O–H groups in total. The van der Waals surface area contributed by atoms with Crippen LogP contribution in [0.25, 0.3) is 0 Å². The molecule has 11 heteroatoms. The quantitative estimate of drug-likeness (QED) is 0.229. The topological polar surface area (TPSA) is 194 Å². The lowest BCUT2D eigenvalue weighted by Crippen LogP contribution is -1.95. The predicted molar refractivity (Wildman–Crippen MR) is 139 cm³/mol. The Balaban J connectivity index is 0.000000461. The number of hydrogen-bond acceptors (Lipinski definition) is 9. The number of rotatable bonds is 4. The van der Waals surface area contributed by atoms with Crippen LogP contribution in [0.2, 0.25) is 0 Å². The van der Waals surface area contributed by atoms with E-state index in [4.69, 9.17) is 35.4 Å². The molecular weight excluding hydrogens is 494 g/mol. The third-order valence-corrected chi connectivity index (χ3v) is 3.80. The molecule has 0 aliphatic heterocycles. The van der Waals surface area contributed by atoms with Gasteiger partial charge in [-0.05, 0) is 48.5 Å². The Kier molecular flexibility index (Phi) is 18.9. The van der Waals surface area contributed by atoms with Crippen molar-refractivity contribution in [1.82, 2.24) is 15.0 Å². The Morgan fingerprint density at radius 1 is 0.605 bits per heavy atom. The number of carbonyl (C=O) groups is 2. The summed E-state index contributed by atoms with van der Waals surface area (Å²) in [7, 11) is 0. The first-order valence-corrected chi connectivity index (χ1v) is 11.0. The number of nitrogens with zero attached hydrogens (tertiary/aromatic N) is 3. The molecule has 0 amide bonds. The molecule has 0 aliphatic rings. The smallest absolute Gasteiger partial charge is 0.339 e. The normalized spacial score (nSPS) is 8.84. The number of carboxylic acids is 2. The van der Waals surface area contributed by atoms with Gasteiger partial charge < -0.3 is 30.6 Å². The monoisotopic (exact) mass is 525 g/mol. The number of aromatic hydroxyl groups is 1. The molecule has 11 nitrogen and oxygen atoms in total. The average Bonchev–Trinajstić information content (AvgIpc) is 2.95. The fourth-order valence-corrected chi connectivity index (χ4v) is 2.13. The van der Waals surface area contributed by atoms with Gasteiger partial charge in [0, 0.05) is 25.5 Å². The molecule has 0 saturated heterocycles. The zero-order valence-electron chi connectivity index (χ0n) is 20.7. The summed E-state index contributed by atoms with van der Waals surface area (Å²) in [6.45, 7) is 1.17. The minimum Gasteiger partial charge on any atom is -0.507 e. The van der Waals surface area contributed by atoms with E-state index >= 15 is 0 Å². The van der Waals surface area contributed by atoms with Crippen molar-refractivity contribution in [2.24, 2.45) is 0 Å². The largest absolute Gasteiger partial charge is 0.507 e. The van der Waals surface area contributed by atoms with Crippen LogP contribution in [0.5, 0.6) is 5.75 Å². The van der Waals surface area contributed by atoms with Crippen LogP contribution < -0.4 is 0 Å². The van der Waals surface area contributed by atoms with Crippen LogP contribution >= 0.6 is 0 Å². The number of aromatic nitrogens is 3. The van der Waals surface area contributed by atoms with Gasteiger partial charge in [-0.15, -0.1) is 0 Å². The highest BCUT2D eigenvalue weighted by molar-refractivity contribution is 5.90. The summed E-state index contributed by atoms with van der Waals surface area (Å²) in [5, 5.41) is 50.1. The van der Waals surface area contributed by atoms with Crippen molar-refractivity contribution in [3.05, 3.63) is 120 Å². The number of phenols is 1. The number of para-hydroxylation sites is 1. The highest BCUT2D eigenvalue weighted by Crippen LogP contribution is 2.14. The molecule has 0 radical (unpaired) electrons. The molecule has 202 valence electrons. The first kappa shape index (κ1) is 33.3. The van der Waals surface area contributed by atoms with Gasteiger partial charge in [0.1, 0.15) is 11.3 Å². The zero-order chi connectivity index (χ0) is 28.6. The summed E-state index contributed by atoms with van der Waals surface area (Å²) in [5.41, 5.74) is 2.08. The van der Waals surface area contributed by atoms with Gasteiger partial charge in [-0.1, -0.05) is 30.3 Å². The number of aliphatic hydroxyl groups is 3. The number of carboxylic acid groups (broad SMARTS) is 2. The number of pyridine rings is 3. The van der Waals surface area contributed by atoms with Gasteiger partial charge in [-0.25, -0.2) is 4.79 Å². The van der Waals surface area contributed by atoms with Crippen molar-refractivity contribution in [1.29, 1.82) is 0 Å². The first-order valence-electron chi connectivity index (χ1n) is 11.0. The number of benzene rings is 1. The highest BCUT2D eigenvalue weighted by Gasteiger charge is 2.05. The molecule has 0 spiro atoms. The first-order chi connectivity index (χ1) is 18.2. The number of aliphatic carboxylic acids is 1. The maximum absolute atomic E-state index is 10.3. The maximum atomic E-state index is 10.3. The van der Waals surface area contributed by atoms with Crippen molar-refractivity contribution in [3.8, 4) is 5.75 Å². The summed E-state index contributed by atoms with van der Waals surface area (Å²) in [6, 6.07) is 22.1. The summed E-state index contributed by atoms with van der Waals surface area (Å²) in [4.78, 5) is 30.8. The van der Waals surface area contributed by atoms with Crippen LogP contribution in [-0.2, 0) is 24.6 Å². The van der Waals surface area contributed by atoms with E-state index < -0.39 is 11.9 Å². The van der Waals surface area contributed by atoms with Gasteiger partial charge in [-0.2, -0.15) is 0 Å². The molecule has 0 atom stereocenters. The molecular formula is C27H31N3O8. The Labute approximate surface area is 220 Å². The van der Waals surface area contributed by atoms with Crippen molar-refractivity contribution in [3.63, 3.8) is 0 Å². The maximum Gasteiger partial charge on any atom is 0.339 e. The molecule has 0 bridgehead atoms. The van der Waals surface area contributed by atoms with Gasteiger partial charge in [0.15, 0.2) is 0 Å². The second kappa shape index (κ2) is 21.6. The third-order valence-electron chi connectivity index (χ3n) is 3.80. The lowest BCUT2D eigenvalue weighted by Gasteiger charge is -1.95. The SMILES string of the molecule is CC(=O)O.O=C(O)c1ccccc1O.OCc1ccccn1.OCc1ccccn1.OCc1ccccn1. The van der Waals surface area contributed by atoms with E-state index in [2.05, 4.69) is 15.0 Å². The van der Waals surface area contributed by atoms with Crippen molar-refractivity contribution in [2.45, 2.75) is 26.7 Å². The Morgan fingerprint density at radius 2 is 0.921 bits per heavy atom. The van der Waals surface area contributed by atoms with Crippen LogP contribution in [-0.4, -0.2) is 57.5 Å². The van der Waals surface area contributed by atoms with Crippen LogP contribution in [0.4, 0.5) is 0 Å². The van der Waals surface area contributed by atoms with Gasteiger partial charge >= 0.3 is 5.97 Å². The standard InChI is InChI=1S/C7H6O3.3C6H7NO.C2H4O2/c8-6-4-2-1-3-5(6)7(9)10;3*8-5-6-3-1-2-4-7-6;1-2(3)4/h1-4,8H,(H,9,10);3*1-4,8H,5H2;1H3,(H,3,4). The van der Waals surface area contributed by atoms with Crippen molar-refractivity contribution >= 4 is 11.9 Å². The summed E-state index contributed by atoms with van der Waals surface area (Å²) in [5.74, 6) is -2.15. The van der Waals surface area contributed by atoms with E-state index in [1.807, 2.05) is 36.4 Å². The average molecular weight is 526 g/mol. The molecule has 3 aromatic heterocycles. The molecule has 4 aromatic rings. The number of aliphatic hydroxyl groups excluding tert-OH is 3. The molecule has 4 rings (SSSR count). The van der Waals surface area contributed by atoms with E-state index in [0.717, 1.165) is 6.92 Å². The minimum atomic E-state index is -1.11. The minimum absolute atomic E-state index is 0.0286. The van der Waals surface area contributed by atoms with Crippen LogP contribution in [0.3, 0.4) is 0 Å². The van der Waals surface area contributed by atoms with E-state index in [1.165, 1.54) is 12.1 Å². The Morgan fingerprint density at radius 3 is 1.11 bits per heavy atom. The number of hydrogen-bond donors (Lipinski definition) is 6. The summed E-state index contributed by atoms with van der Waals surface area (Å²) < 4.78 is 0. The Bertz CT molecular complexity index is 1050. The van der Waals surface area contributed by atoms with Gasteiger partial charge in [-0.3, -0.25) is 19.7 Å². The van der Waals surface area contributed by atoms with E-state index in [9.17, 15) is 4.79 Å². The van der Waals surface area contributed by atoms with Gasteiger partial charge in [0.05, 0.1) is 36.9 Å². The lowest BCUT2D eigenvalue weighted by molar-refractivity contribution is -0.134. The summed E-state index contributed by atoms with van der Waals surface area (Å²) >= 11 is 0. The van der Waals surface area contributed by atoms with Crippen molar-refractivity contribution in [2.75, 3.05) is 0 Å². The van der Waals surface area contributed by atoms with Crippen LogP contribution in [0.15, 0.2) is 97.5 Å². The second-order valence-corrected chi connectivity index (χ2v) is 6.78. The highest BCUT2D eigenvalue weighted by atomic mass is 16.4. The van der Waals surface area contributed by atoms with Crippen LogP contribution in [0.1, 0.15) is 34.4 Å². The molecule has 0 fully saturated rings. The van der Waals surface area contributed by atoms with E-state index in [-0.39, 0.29) is 31.1 Å². The summed E-state index contributed by atoms with van der Waals surface area (Å²) in [6.07, 6.45) is 4.97. The molecule has 0 unspecified atom stereocenters. The fourth-order valence-electron chi connectivity index (χ4n) is 2.13. The van der Waals surface area contributed by atoms with E-state index in [1.54, 1.807) is 48.9 Å². The molecule has 1 aromatic carbocycles. The predicted octanol–water partition coefficient (Wildman–Crippen LogP) is 2.90.